The highest BCUT2D eigenvalue weighted by molar-refractivity contribution is 6.15. The second kappa shape index (κ2) is 8.75. The van der Waals surface area contributed by atoms with E-state index in [9.17, 15) is 14.7 Å². The van der Waals surface area contributed by atoms with Crippen molar-refractivity contribution in [2.45, 2.75) is 19.4 Å². The summed E-state index contributed by atoms with van der Waals surface area (Å²) >= 11 is 0. The Hall–Kier alpha value is -3.06. The summed E-state index contributed by atoms with van der Waals surface area (Å²) in [5, 5.41) is 10.5. The maximum Gasteiger partial charge on any atom is 0.290 e. The normalized spacial score (nSPS) is 16.7. The Morgan fingerprint density at radius 2 is 2.07 bits per heavy atom. The van der Waals surface area contributed by atoms with Crippen molar-refractivity contribution in [3.63, 3.8) is 0 Å². The molecule has 1 aliphatic heterocycles. The Morgan fingerprint density at radius 3 is 2.75 bits per heavy atom. The number of hydrogen-bond donors (Lipinski definition) is 1. The third-order valence-electron chi connectivity index (χ3n) is 4.48. The molecule has 0 spiro atoms. The molecular formula is C21H23NO6. The number of rotatable bonds is 9. The van der Waals surface area contributed by atoms with Crippen LogP contribution in [0.3, 0.4) is 0 Å². The highest BCUT2D eigenvalue weighted by Crippen LogP contribution is 2.39. The average molecular weight is 385 g/mol. The summed E-state index contributed by atoms with van der Waals surface area (Å²) in [5.41, 5.74) is 0.653. The number of aliphatic hydroxyl groups is 1. The van der Waals surface area contributed by atoms with Crippen LogP contribution >= 0.6 is 0 Å². The molecule has 1 amide bonds. The van der Waals surface area contributed by atoms with Gasteiger partial charge < -0.3 is 23.9 Å². The number of carbonyl (C=O) groups is 2. The van der Waals surface area contributed by atoms with E-state index in [0.29, 0.717) is 17.9 Å². The molecular weight excluding hydrogens is 362 g/mol. The van der Waals surface area contributed by atoms with Crippen LogP contribution in [0.1, 0.15) is 35.5 Å². The highest BCUT2D eigenvalue weighted by Gasteiger charge is 2.44. The number of carbonyl (C=O) groups excluding carboxylic acids is 2. The van der Waals surface area contributed by atoms with E-state index in [1.54, 1.807) is 24.3 Å². The summed E-state index contributed by atoms with van der Waals surface area (Å²) in [6.07, 6.45) is 2.23. The molecule has 1 aromatic carbocycles. The van der Waals surface area contributed by atoms with Crippen molar-refractivity contribution in [1.82, 2.24) is 4.90 Å². The van der Waals surface area contributed by atoms with E-state index >= 15 is 0 Å². The molecule has 0 bridgehead atoms. The molecule has 148 valence electrons. The van der Waals surface area contributed by atoms with Gasteiger partial charge in [0.05, 0.1) is 31.1 Å². The van der Waals surface area contributed by atoms with E-state index in [-0.39, 0.29) is 24.5 Å². The van der Waals surface area contributed by atoms with E-state index in [1.165, 1.54) is 24.3 Å². The standard InChI is InChI=1S/C21H23NO6/c1-3-10-27-15-7-4-6-14(13-15)18-17(19(23)16-8-5-11-28-16)20(24)21(25)22(18)9-12-26-2/h4-8,11,13,18,24H,3,9-10,12H2,1-2H3/t18-/m1/s1. The van der Waals surface area contributed by atoms with Crippen LogP contribution in [-0.4, -0.2) is 48.6 Å². The third kappa shape index (κ3) is 3.80. The molecule has 0 unspecified atom stereocenters. The molecule has 0 fully saturated rings. The second-order valence-electron chi connectivity index (χ2n) is 6.38. The maximum absolute atomic E-state index is 13.0. The van der Waals surface area contributed by atoms with Crippen LogP contribution in [0.5, 0.6) is 5.75 Å². The number of aliphatic hydroxyl groups excluding tert-OH is 1. The number of hydrogen-bond acceptors (Lipinski definition) is 6. The fourth-order valence-corrected chi connectivity index (χ4v) is 3.19. The van der Waals surface area contributed by atoms with E-state index in [0.717, 1.165) is 6.42 Å². The zero-order valence-electron chi connectivity index (χ0n) is 15.9. The van der Waals surface area contributed by atoms with Crippen LogP contribution in [0.4, 0.5) is 0 Å². The van der Waals surface area contributed by atoms with Crippen molar-refractivity contribution < 1.29 is 28.6 Å². The zero-order valence-corrected chi connectivity index (χ0v) is 15.9. The van der Waals surface area contributed by atoms with Crippen LogP contribution in [0, 0.1) is 0 Å². The fraction of sp³-hybridized carbons (Fsp3) is 0.333. The van der Waals surface area contributed by atoms with Crippen LogP contribution in [0.2, 0.25) is 0 Å². The first-order valence-corrected chi connectivity index (χ1v) is 9.12. The Bertz CT molecular complexity index is 871. The van der Waals surface area contributed by atoms with Crippen LogP contribution < -0.4 is 4.74 Å². The Balaban J connectivity index is 2.03. The zero-order chi connectivity index (χ0) is 20.1. The number of Topliss-reactive ketones (excluding diaryl/α,β-unsaturated/α-hetero) is 1. The van der Waals surface area contributed by atoms with Gasteiger partial charge in [-0.2, -0.15) is 0 Å². The minimum absolute atomic E-state index is 0.0105. The molecule has 1 aliphatic rings. The van der Waals surface area contributed by atoms with Crippen molar-refractivity contribution in [3.05, 3.63) is 65.3 Å². The Labute approximate surface area is 163 Å². The van der Waals surface area contributed by atoms with Gasteiger partial charge in [-0.15, -0.1) is 0 Å². The summed E-state index contributed by atoms with van der Waals surface area (Å²) < 4.78 is 16.0. The molecule has 0 aliphatic carbocycles. The van der Waals surface area contributed by atoms with Crippen LogP contribution in [0.25, 0.3) is 0 Å². The van der Waals surface area contributed by atoms with Gasteiger partial charge in [-0.05, 0) is 36.2 Å². The van der Waals surface area contributed by atoms with Crippen molar-refractivity contribution in [2.24, 2.45) is 0 Å². The molecule has 1 atom stereocenters. The van der Waals surface area contributed by atoms with E-state index in [2.05, 4.69) is 0 Å². The van der Waals surface area contributed by atoms with Gasteiger partial charge in [-0.1, -0.05) is 19.1 Å². The second-order valence-corrected chi connectivity index (χ2v) is 6.38. The minimum Gasteiger partial charge on any atom is -0.503 e. The summed E-state index contributed by atoms with van der Waals surface area (Å²) in [4.78, 5) is 27.1. The topological polar surface area (TPSA) is 89.2 Å². The largest absolute Gasteiger partial charge is 0.503 e. The first-order valence-electron chi connectivity index (χ1n) is 9.12. The average Bonchev–Trinajstić information content (AvgIpc) is 3.33. The van der Waals surface area contributed by atoms with Crippen LogP contribution in [0.15, 0.2) is 58.4 Å². The van der Waals surface area contributed by atoms with Gasteiger partial charge in [0.2, 0.25) is 5.78 Å². The Kier molecular flexibility index (Phi) is 6.16. The van der Waals surface area contributed by atoms with E-state index in [4.69, 9.17) is 13.9 Å². The first-order chi connectivity index (χ1) is 13.6. The number of methoxy groups -OCH3 is 1. The number of furan rings is 1. The van der Waals surface area contributed by atoms with E-state index in [1.807, 2.05) is 13.0 Å². The smallest absolute Gasteiger partial charge is 0.290 e. The summed E-state index contributed by atoms with van der Waals surface area (Å²) in [6, 6.07) is 9.51. The fourth-order valence-electron chi connectivity index (χ4n) is 3.19. The van der Waals surface area contributed by atoms with Gasteiger partial charge in [-0.3, -0.25) is 9.59 Å². The lowest BCUT2D eigenvalue weighted by atomic mass is 9.95. The number of amides is 1. The molecule has 0 saturated carbocycles. The predicted octanol–water partition coefficient (Wildman–Crippen LogP) is 3.29. The summed E-state index contributed by atoms with van der Waals surface area (Å²) in [7, 11) is 1.52. The van der Waals surface area contributed by atoms with Gasteiger partial charge in [0.15, 0.2) is 11.5 Å². The lowest BCUT2D eigenvalue weighted by Gasteiger charge is -2.26. The Morgan fingerprint density at radius 1 is 1.25 bits per heavy atom. The van der Waals surface area contributed by atoms with Crippen molar-refractivity contribution >= 4 is 11.7 Å². The number of nitrogens with zero attached hydrogens (tertiary/aromatic N) is 1. The highest BCUT2D eigenvalue weighted by atomic mass is 16.5. The SMILES string of the molecule is CCCOc1cccc([C@@H]2C(C(=O)c3ccco3)=C(O)C(=O)N2CCOC)c1. The number of ketones is 1. The van der Waals surface area contributed by atoms with Gasteiger partial charge >= 0.3 is 0 Å². The van der Waals surface area contributed by atoms with Gasteiger partial charge in [0, 0.05) is 13.7 Å². The van der Waals surface area contributed by atoms with Crippen molar-refractivity contribution in [3.8, 4) is 5.75 Å². The predicted molar refractivity (Wildman–Crippen MR) is 101 cm³/mol. The van der Waals surface area contributed by atoms with Crippen molar-refractivity contribution in [2.75, 3.05) is 26.9 Å². The molecule has 1 aromatic heterocycles. The molecule has 28 heavy (non-hydrogen) atoms. The molecule has 3 rings (SSSR count). The lowest BCUT2D eigenvalue weighted by Crippen LogP contribution is -2.34. The molecule has 2 aromatic rings. The van der Waals surface area contributed by atoms with Gasteiger partial charge in [0.25, 0.3) is 5.91 Å². The molecule has 1 N–H and O–H groups in total. The van der Waals surface area contributed by atoms with Crippen molar-refractivity contribution in [1.29, 1.82) is 0 Å². The lowest BCUT2D eigenvalue weighted by molar-refractivity contribution is -0.130. The molecule has 2 heterocycles. The summed E-state index contributed by atoms with van der Waals surface area (Å²) in [5.74, 6) is -1.01. The van der Waals surface area contributed by atoms with Crippen LogP contribution in [-0.2, 0) is 9.53 Å². The maximum atomic E-state index is 13.0. The molecule has 7 heteroatoms. The number of benzene rings is 1. The molecule has 0 radical (unpaired) electrons. The quantitative estimate of drug-likeness (QED) is 0.666. The molecule has 0 saturated heterocycles. The van der Waals surface area contributed by atoms with Gasteiger partial charge in [-0.25, -0.2) is 0 Å². The first kappa shape index (κ1) is 19.7. The molecule has 7 nitrogen and oxygen atoms in total. The number of ether oxygens (including phenoxy) is 2. The third-order valence-corrected chi connectivity index (χ3v) is 4.48. The summed E-state index contributed by atoms with van der Waals surface area (Å²) in [6.45, 7) is 3.05. The van der Waals surface area contributed by atoms with Gasteiger partial charge in [0.1, 0.15) is 5.75 Å². The monoisotopic (exact) mass is 385 g/mol. The minimum atomic E-state index is -0.759. The van der Waals surface area contributed by atoms with E-state index < -0.39 is 23.5 Å².